The molecule has 0 aliphatic rings. The van der Waals surface area contributed by atoms with Gasteiger partial charge in [0.05, 0.1) is 12.8 Å². The number of aromatic nitrogens is 2. The van der Waals surface area contributed by atoms with E-state index in [0.29, 0.717) is 25.3 Å². The molecule has 1 atom stereocenters. The molecule has 0 aliphatic carbocycles. The Balaban J connectivity index is 1.67. The number of amides is 1. The van der Waals surface area contributed by atoms with E-state index in [1.54, 1.807) is 7.11 Å². The summed E-state index contributed by atoms with van der Waals surface area (Å²) in [5, 5.41) is 3.05. The van der Waals surface area contributed by atoms with Crippen molar-refractivity contribution in [3.63, 3.8) is 0 Å². The maximum atomic E-state index is 12.9. The number of nitrogens with one attached hydrogen (secondary N) is 1. The van der Waals surface area contributed by atoms with E-state index in [0.717, 1.165) is 41.1 Å². The normalized spacial score (nSPS) is 11.8. The third-order valence-corrected chi connectivity index (χ3v) is 5.88. The average Bonchev–Trinajstić information content (AvgIpc) is 3.31. The van der Waals surface area contributed by atoms with Crippen molar-refractivity contribution in [2.45, 2.75) is 38.7 Å². The van der Waals surface area contributed by atoms with Crippen LogP contribution in [0.1, 0.15) is 48.9 Å². The summed E-state index contributed by atoms with van der Waals surface area (Å²) in [6.07, 6.45) is 6.09. The quantitative estimate of drug-likeness (QED) is 0.308. The number of methoxy groups -OCH3 is 1. The summed E-state index contributed by atoms with van der Waals surface area (Å²) in [6, 6.07) is 21.8. The van der Waals surface area contributed by atoms with Gasteiger partial charge in [-0.25, -0.2) is 4.98 Å². The number of hydrogen-bond donors (Lipinski definition) is 1. The first-order valence-corrected chi connectivity index (χ1v) is 11.7. The summed E-state index contributed by atoms with van der Waals surface area (Å²) in [5.41, 5.74) is 3.68. The minimum atomic E-state index is -0.225. The Hall–Kier alpha value is -3.80. The molecule has 6 nitrogen and oxygen atoms in total. The zero-order valence-electron chi connectivity index (χ0n) is 19.7. The van der Waals surface area contributed by atoms with Crippen LogP contribution in [-0.4, -0.2) is 28.9 Å². The van der Waals surface area contributed by atoms with E-state index in [-0.39, 0.29) is 11.8 Å². The highest BCUT2D eigenvalue weighted by Crippen LogP contribution is 2.35. The molecule has 4 aromatic rings. The van der Waals surface area contributed by atoms with E-state index in [1.165, 1.54) is 0 Å². The summed E-state index contributed by atoms with van der Waals surface area (Å²) in [6.45, 7) is 3.25. The average molecular weight is 458 g/mol. The fraction of sp³-hybridized carbons (Fsp3) is 0.286. The van der Waals surface area contributed by atoms with Crippen LogP contribution < -0.4 is 14.8 Å². The van der Waals surface area contributed by atoms with Crippen molar-refractivity contribution in [2.75, 3.05) is 13.7 Å². The van der Waals surface area contributed by atoms with Crippen molar-refractivity contribution in [1.82, 2.24) is 14.7 Å². The molecule has 6 heteroatoms. The number of ether oxygens (including phenoxy) is 2. The van der Waals surface area contributed by atoms with Gasteiger partial charge in [-0.1, -0.05) is 61.9 Å². The Bertz CT molecular complexity index is 1220. The van der Waals surface area contributed by atoms with E-state index < -0.39 is 0 Å². The molecule has 1 unspecified atom stereocenters. The summed E-state index contributed by atoms with van der Waals surface area (Å²) >= 11 is 0. The van der Waals surface area contributed by atoms with Gasteiger partial charge in [0.1, 0.15) is 12.4 Å². The third kappa shape index (κ3) is 5.39. The molecule has 2 heterocycles. The lowest BCUT2D eigenvalue weighted by molar-refractivity contribution is -0.121. The first kappa shape index (κ1) is 23.4. The van der Waals surface area contributed by atoms with E-state index in [9.17, 15) is 4.79 Å². The number of imidazole rings is 1. The molecule has 1 amide bonds. The number of unbranched alkanes of at least 4 members (excludes halogenated alkanes) is 1. The van der Waals surface area contributed by atoms with E-state index in [2.05, 4.69) is 17.2 Å². The van der Waals surface area contributed by atoms with Gasteiger partial charge in [0, 0.05) is 36.8 Å². The summed E-state index contributed by atoms with van der Waals surface area (Å²) < 4.78 is 13.8. The smallest absolute Gasteiger partial charge is 0.221 e. The highest BCUT2D eigenvalue weighted by molar-refractivity contribution is 5.77. The Morgan fingerprint density at radius 2 is 1.79 bits per heavy atom. The second kappa shape index (κ2) is 11.4. The molecule has 4 rings (SSSR count). The van der Waals surface area contributed by atoms with E-state index in [1.807, 2.05) is 83.5 Å². The first-order valence-electron chi connectivity index (χ1n) is 11.7. The lowest BCUT2D eigenvalue weighted by Gasteiger charge is -2.20. The second-order valence-corrected chi connectivity index (χ2v) is 8.23. The summed E-state index contributed by atoms with van der Waals surface area (Å²) in [7, 11) is 1.65. The van der Waals surface area contributed by atoms with Gasteiger partial charge in [0.2, 0.25) is 5.91 Å². The molecule has 0 radical (unpaired) electrons. The first-order chi connectivity index (χ1) is 16.7. The molecule has 0 saturated heterocycles. The largest absolute Gasteiger partial charge is 0.496 e. The number of pyridine rings is 1. The van der Waals surface area contributed by atoms with Crippen LogP contribution in [-0.2, 0) is 11.4 Å². The van der Waals surface area contributed by atoms with Gasteiger partial charge in [0.15, 0.2) is 11.4 Å². The molecule has 1 N–H and O–H groups in total. The molecule has 0 bridgehead atoms. The van der Waals surface area contributed by atoms with Crippen molar-refractivity contribution < 1.29 is 14.3 Å². The SMILES string of the molecule is CCCCNC(=O)CC(c1ccccc1OC)c1cnc2c(OCc3ccccc3)cccn12. The topological polar surface area (TPSA) is 64.9 Å². The number of nitrogens with zero attached hydrogens (tertiary/aromatic N) is 2. The monoisotopic (exact) mass is 457 g/mol. The highest BCUT2D eigenvalue weighted by Gasteiger charge is 2.25. The lowest BCUT2D eigenvalue weighted by Crippen LogP contribution is -2.26. The van der Waals surface area contributed by atoms with E-state index >= 15 is 0 Å². The van der Waals surface area contributed by atoms with Crippen molar-refractivity contribution in [3.8, 4) is 11.5 Å². The second-order valence-electron chi connectivity index (χ2n) is 8.23. The minimum absolute atomic E-state index is 0.00999. The van der Waals surface area contributed by atoms with Crippen molar-refractivity contribution >= 4 is 11.6 Å². The molecule has 2 aromatic heterocycles. The van der Waals surface area contributed by atoms with Crippen molar-refractivity contribution in [1.29, 1.82) is 0 Å². The van der Waals surface area contributed by atoms with Gasteiger partial charge in [-0.15, -0.1) is 0 Å². The molecule has 0 fully saturated rings. The van der Waals surface area contributed by atoms with Crippen LogP contribution in [0.2, 0.25) is 0 Å². The molecular formula is C28H31N3O3. The van der Waals surface area contributed by atoms with Gasteiger partial charge in [-0.3, -0.25) is 4.79 Å². The number of fused-ring (bicyclic) bond motifs is 1. The van der Waals surface area contributed by atoms with Crippen LogP contribution in [0.5, 0.6) is 11.5 Å². The van der Waals surface area contributed by atoms with Gasteiger partial charge >= 0.3 is 0 Å². The van der Waals surface area contributed by atoms with Crippen LogP contribution >= 0.6 is 0 Å². The Morgan fingerprint density at radius 1 is 1.03 bits per heavy atom. The van der Waals surface area contributed by atoms with Crippen LogP contribution in [0.4, 0.5) is 0 Å². The zero-order chi connectivity index (χ0) is 23.8. The number of hydrogen-bond acceptors (Lipinski definition) is 4. The van der Waals surface area contributed by atoms with Crippen molar-refractivity contribution in [3.05, 3.63) is 95.9 Å². The molecule has 0 saturated carbocycles. The summed E-state index contributed by atoms with van der Waals surface area (Å²) in [4.78, 5) is 17.5. The van der Waals surface area contributed by atoms with Crippen LogP contribution in [0.25, 0.3) is 5.65 Å². The van der Waals surface area contributed by atoms with Gasteiger partial charge < -0.3 is 19.2 Å². The maximum Gasteiger partial charge on any atom is 0.221 e. The Labute approximate surface area is 200 Å². The fourth-order valence-electron chi connectivity index (χ4n) is 4.10. The third-order valence-electron chi connectivity index (χ3n) is 5.88. The Morgan fingerprint density at radius 3 is 2.59 bits per heavy atom. The number of carbonyl (C=O) groups excluding carboxylic acids is 1. The van der Waals surface area contributed by atoms with Gasteiger partial charge in [-0.2, -0.15) is 0 Å². The van der Waals surface area contributed by atoms with Gasteiger partial charge in [0.25, 0.3) is 0 Å². The number of benzene rings is 2. The van der Waals surface area contributed by atoms with Crippen LogP contribution in [0.15, 0.2) is 79.1 Å². The predicted octanol–water partition coefficient (Wildman–Crippen LogP) is 5.36. The molecule has 34 heavy (non-hydrogen) atoms. The molecule has 2 aromatic carbocycles. The van der Waals surface area contributed by atoms with Gasteiger partial charge in [-0.05, 0) is 30.2 Å². The molecule has 176 valence electrons. The predicted molar refractivity (Wildman–Crippen MR) is 133 cm³/mol. The molecular weight excluding hydrogens is 426 g/mol. The number of para-hydroxylation sites is 1. The standard InChI is InChI=1S/C28H31N3O3/c1-3-4-16-29-27(32)18-23(22-13-8-9-14-25(22)33-2)24-19-30-28-26(15-10-17-31(24)28)34-20-21-11-6-5-7-12-21/h5-15,17,19,23H,3-4,16,18,20H2,1-2H3,(H,29,32). The van der Waals surface area contributed by atoms with Crippen molar-refractivity contribution in [2.24, 2.45) is 0 Å². The van der Waals surface area contributed by atoms with Crippen LogP contribution in [0, 0.1) is 0 Å². The summed E-state index contributed by atoms with van der Waals surface area (Å²) in [5.74, 6) is 1.23. The molecule has 0 spiro atoms. The maximum absolute atomic E-state index is 12.9. The lowest BCUT2D eigenvalue weighted by atomic mass is 9.91. The number of rotatable bonds is 11. The Kier molecular flexibility index (Phi) is 7.81. The number of carbonyl (C=O) groups is 1. The zero-order valence-corrected chi connectivity index (χ0v) is 19.7. The fourth-order valence-corrected chi connectivity index (χ4v) is 4.10. The van der Waals surface area contributed by atoms with E-state index in [4.69, 9.17) is 9.47 Å². The molecule has 0 aliphatic heterocycles. The minimum Gasteiger partial charge on any atom is -0.496 e. The highest BCUT2D eigenvalue weighted by atomic mass is 16.5. The van der Waals surface area contributed by atoms with Crippen LogP contribution in [0.3, 0.4) is 0 Å².